The van der Waals surface area contributed by atoms with Crippen molar-refractivity contribution in [2.24, 2.45) is 0 Å². The number of pyridine rings is 1. The summed E-state index contributed by atoms with van der Waals surface area (Å²) in [5.74, 6) is 0.451. The molecule has 0 saturated carbocycles. The SMILES string of the molecule is Cc1ccc(CCn2cc(N)nn2)nc1. The van der Waals surface area contributed by atoms with E-state index in [4.69, 9.17) is 5.73 Å². The van der Waals surface area contributed by atoms with Crippen LogP contribution < -0.4 is 5.73 Å². The average Bonchev–Trinajstić information content (AvgIpc) is 2.64. The highest BCUT2D eigenvalue weighted by Crippen LogP contribution is 2.01. The van der Waals surface area contributed by atoms with Gasteiger partial charge in [0.1, 0.15) is 0 Å². The molecule has 5 heteroatoms. The number of hydrogen-bond acceptors (Lipinski definition) is 4. The first-order chi connectivity index (χ1) is 7.24. The quantitative estimate of drug-likeness (QED) is 0.801. The predicted octanol–water partition coefficient (Wildman–Crippen LogP) is 0.806. The minimum atomic E-state index is 0.451. The molecule has 2 heterocycles. The smallest absolute Gasteiger partial charge is 0.165 e. The maximum atomic E-state index is 5.46. The summed E-state index contributed by atoms with van der Waals surface area (Å²) >= 11 is 0. The van der Waals surface area contributed by atoms with E-state index in [0.717, 1.165) is 18.7 Å². The van der Waals surface area contributed by atoms with Crippen LogP contribution in [0.4, 0.5) is 5.82 Å². The van der Waals surface area contributed by atoms with Crippen molar-refractivity contribution in [1.29, 1.82) is 0 Å². The van der Waals surface area contributed by atoms with Crippen LogP contribution in [0.1, 0.15) is 11.3 Å². The second kappa shape index (κ2) is 4.08. The Morgan fingerprint density at radius 1 is 1.40 bits per heavy atom. The number of nitrogen functional groups attached to an aromatic ring is 1. The van der Waals surface area contributed by atoms with Gasteiger partial charge in [0.2, 0.25) is 0 Å². The molecule has 78 valence electrons. The van der Waals surface area contributed by atoms with Gasteiger partial charge in [-0.15, -0.1) is 5.10 Å². The van der Waals surface area contributed by atoms with E-state index in [0.29, 0.717) is 5.82 Å². The molecule has 0 aliphatic rings. The molecule has 2 aromatic rings. The Kier molecular flexibility index (Phi) is 2.62. The highest BCUT2D eigenvalue weighted by molar-refractivity contribution is 5.19. The van der Waals surface area contributed by atoms with Gasteiger partial charge in [-0.25, -0.2) is 4.68 Å². The highest BCUT2D eigenvalue weighted by Gasteiger charge is 1.98. The summed E-state index contributed by atoms with van der Waals surface area (Å²) in [5, 5.41) is 7.58. The summed E-state index contributed by atoms with van der Waals surface area (Å²) in [4.78, 5) is 4.31. The lowest BCUT2D eigenvalue weighted by Crippen LogP contribution is -2.03. The molecule has 2 N–H and O–H groups in total. The Labute approximate surface area is 87.9 Å². The second-order valence-corrected chi connectivity index (χ2v) is 3.48. The van der Waals surface area contributed by atoms with Gasteiger partial charge < -0.3 is 5.73 Å². The molecule has 0 aromatic carbocycles. The van der Waals surface area contributed by atoms with Gasteiger partial charge in [-0.3, -0.25) is 4.98 Å². The summed E-state index contributed by atoms with van der Waals surface area (Å²) < 4.78 is 1.72. The van der Waals surface area contributed by atoms with Gasteiger partial charge in [0.05, 0.1) is 6.20 Å². The van der Waals surface area contributed by atoms with Crippen molar-refractivity contribution in [2.45, 2.75) is 19.9 Å². The zero-order valence-corrected chi connectivity index (χ0v) is 8.59. The van der Waals surface area contributed by atoms with Crippen molar-refractivity contribution in [1.82, 2.24) is 20.0 Å². The van der Waals surface area contributed by atoms with Crippen molar-refractivity contribution in [3.05, 3.63) is 35.8 Å². The first kappa shape index (κ1) is 9.64. The third-order valence-electron chi connectivity index (χ3n) is 2.13. The van der Waals surface area contributed by atoms with Crippen molar-refractivity contribution < 1.29 is 0 Å². The summed E-state index contributed by atoms with van der Waals surface area (Å²) in [6.07, 6.45) is 4.42. The van der Waals surface area contributed by atoms with E-state index in [2.05, 4.69) is 21.4 Å². The van der Waals surface area contributed by atoms with Gasteiger partial charge >= 0.3 is 0 Å². The van der Waals surface area contributed by atoms with Crippen LogP contribution in [-0.2, 0) is 13.0 Å². The second-order valence-electron chi connectivity index (χ2n) is 3.48. The molecule has 0 amide bonds. The van der Waals surface area contributed by atoms with Crippen molar-refractivity contribution in [3.63, 3.8) is 0 Å². The van der Waals surface area contributed by atoms with Gasteiger partial charge in [-0.1, -0.05) is 11.3 Å². The topological polar surface area (TPSA) is 69.6 Å². The Morgan fingerprint density at radius 3 is 2.87 bits per heavy atom. The number of nitrogens with two attached hydrogens (primary N) is 1. The fraction of sp³-hybridized carbons (Fsp3) is 0.300. The number of aryl methyl sites for hydroxylation is 3. The lowest BCUT2D eigenvalue weighted by molar-refractivity contribution is 0.584. The van der Waals surface area contributed by atoms with Gasteiger partial charge in [0, 0.05) is 24.9 Å². The Morgan fingerprint density at radius 2 is 2.27 bits per heavy atom. The van der Waals surface area contributed by atoms with Crippen LogP contribution in [0.3, 0.4) is 0 Å². The van der Waals surface area contributed by atoms with E-state index in [1.54, 1.807) is 10.9 Å². The molecule has 0 unspecified atom stereocenters. The van der Waals surface area contributed by atoms with Crippen LogP contribution in [0.15, 0.2) is 24.5 Å². The molecule has 0 atom stereocenters. The summed E-state index contributed by atoms with van der Waals surface area (Å²) in [6, 6.07) is 4.08. The standard InChI is InChI=1S/C10H13N5/c1-8-2-3-9(12-6-8)4-5-15-7-10(11)13-14-15/h2-3,6-7H,4-5,11H2,1H3. The Hall–Kier alpha value is -1.91. The zero-order chi connectivity index (χ0) is 10.7. The molecule has 0 saturated heterocycles. The maximum absolute atomic E-state index is 5.46. The number of nitrogens with zero attached hydrogens (tertiary/aromatic N) is 4. The molecule has 15 heavy (non-hydrogen) atoms. The maximum Gasteiger partial charge on any atom is 0.165 e. The van der Waals surface area contributed by atoms with Gasteiger partial charge in [0.15, 0.2) is 5.82 Å². The molecule has 0 bridgehead atoms. The summed E-state index contributed by atoms with van der Waals surface area (Å²) in [6.45, 7) is 2.77. The van der Waals surface area contributed by atoms with Gasteiger partial charge in [-0.2, -0.15) is 0 Å². The Balaban J connectivity index is 1.96. The third-order valence-corrected chi connectivity index (χ3v) is 2.13. The first-order valence-corrected chi connectivity index (χ1v) is 4.81. The van der Waals surface area contributed by atoms with E-state index in [9.17, 15) is 0 Å². The molecule has 2 rings (SSSR count). The third kappa shape index (κ3) is 2.52. The van der Waals surface area contributed by atoms with E-state index in [-0.39, 0.29) is 0 Å². The fourth-order valence-corrected chi connectivity index (χ4v) is 1.30. The van der Waals surface area contributed by atoms with E-state index in [1.807, 2.05) is 19.2 Å². The molecule has 0 fully saturated rings. The van der Waals surface area contributed by atoms with Crippen LogP contribution >= 0.6 is 0 Å². The largest absolute Gasteiger partial charge is 0.381 e. The molecule has 0 spiro atoms. The van der Waals surface area contributed by atoms with E-state index < -0.39 is 0 Å². The van der Waals surface area contributed by atoms with Crippen LogP contribution in [0.25, 0.3) is 0 Å². The minimum Gasteiger partial charge on any atom is -0.381 e. The predicted molar refractivity (Wildman–Crippen MR) is 57.1 cm³/mol. The fourth-order valence-electron chi connectivity index (χ4n) is 1.30. The highest BCUT2D eigenvalue weighted by atomic mass is 15.4. The zero-order valence-electron chi connectivity index (χ0n) is 8.59. The molecule has 0 aliphatic heterocycles. The normalized spacial score (nSPS) is 10.5. The van der Waals surface area contributed by atoms with E-state index in [1.165, 1.54) is 5.56 Å². The van der Waals surface area contributed by atoms with E-state index >= 15 is 0 Å². The number of anilines is 1. The van der Waals surface area contributed by atoms with Crippen molar-refractivity contribution >= 4 is 5.82 Å². The van der Waals surface area contributed by atoms with Crippen molar-refractivity contribution in [2.75, 3.05) is 5.73 Å². The molecule has 0 aliphatic carbocycles. The van der Waals surface area contributed by atoms with Crippen LogP contribution in [0.5, 0.6) is 0 Å². The number of aromatic nitrogens is 4. The van der Waals surface area contributed by atoms with Crippen LogP contribution in [-0.4, -0.2) is 20.0 Å². The van der Waals surface area contributed by atoms with Gasteiger partial charge in [-0.05, 0) is 18.6 Å². The molecular formula is C10H13N5. The van der Waals surface area contributed by atoms with Crippen LogP contribution in [0, 0.1) is 6.92 Å². The number of hydrogen-bond donors (Lipinski definition) is 1. The molecule has 0 radical (unpaired) electrons. The monoisotopic (exact) mass is 203 g/mol. The lowest BCUT2D eigenvalue weighted by Gasteiger charge is -2.00. The molecule has 5 nitrogen and oxygen atoms in total. The average molecular weight is 203 g/mol. The lowest BCUT2D eigenvalue weighted by atomic mass is 10.2. The number of rotatable bonds is 3. The molecule has 2 aromatic heterocycles. The van der Waals surface area contributed by atoms with Crippen molar-refractivity contribution in [3.8, 4) is 0 Å². The minimum absolute atomic E-state index is 0.451. The van der Waals surface area contributed by atoms with Gasteiger partial charge in [0.25, 0.3) is 0 Å². The molecular weight excluding hydrogens is 190 g/mol. The van der Waals surface area contributed by atoms with Crippen LogP contribution in [0.2, 0.25) is 0 Å². The summed E-state index contributed by atoms with van der Waals surface area (Å²) in [5.41, 5.74) is 7.68. The summed E-state index contributed by atoms with van der Waals surface area (Å²) in [7, 11) is 0. The Bertz CT molecular complexity index is 431. The first-order valence-electron chi connectivity index (χ1n) is 4.81.